The summed E-state index contributed by atoms with van der Waals surface area (Å²) >= 11 is 7.26. The molecule has 4 rings (SSSR count). The number of hydrogen-bond donors (Lipinski definition) is 1. The molecule has 0 bridgehead atoms. The number of halogens is 1. The van der Waals surface area contributed by atoms with Crippen LogP contribution in [0, 0.1) is 0 Å². The van der Waals surface area contributed by atoms with Gasteiger partial charge in [-0.25, -0.2) is 13.1 Å². The van der Waals surface area contributed by atoms with Gasteiger partial charge in [-0.15, -0.1) is 11.3 Å². The largest absolute Gasteiger partial charge is 0.378 e. The van der Waals surface area contributed by atoms with Gasteiger partial charge >= 0.3 is 0 Å². The van der Waals surface area contributed by atoms with Crippen molar-refractivity contribution in [2.24, 2.45) is 0 Å². The fourth-order valence-electron chi connectivity index (χ4n) is 4.28. The number of hydrogen-bond acceptors (Lipinski definition) is 6. The summed E-state index contributed by atoms with van der Waals surface area (Å²) in [6, 6.07) is 11.5. The minimum Gasteiger partial charge on any atom is -0.378 e. The van der Waals surface area contributed by atoms with E-state index < -0.39 is 22.1 Å². The molecular formula is C23H28ClN3O5S2. The Morgan fingerprint density at radius 3 is 2.56 bits per heavy atom. The van der Waals surface area contributed by atoms with Gasteiger partial charge in [0.1, 0.15) is 12.1 Å². The molecule has 3 heterocycles. The third-order valence-corrected chi connectivity index (χ3v) is 8.74. The van der Waals surface area contributed by atoms with Crippen molar-refractivity contribution in [3.8, 4) is 0 Å². The molecule has 2 fully saturated rings. The first-order chi connectivity index (χ1) is 16.3. The van der Waals surface area contributed by atoms with Crippen LogP contribution in [0.3, 0.4) is 0 Å². The zero-order valence-corrected chi connectivity index (χ0v) is 21.1. The van der Waals surface area contributed by atoms with Crippen LogP contribution in [0.25, 0.3) is 0 Å². The number of likely N-dealkylation sites (tertiary alicyclic amines) is 1. The monoisotopic (exact) mass is 525 g/mol. The second-order valence-electron chi connectivity index (χ2n) is 8.41. The first-order valence-electron chi connectivity index (χ1n) is 11.3. The smallest absolute Gasteiger partial charge is 0.245 e. The molecule has 0 saturated carbocycles. The van der Waals surface area contributed by atoms with Gasteiger partial charge in [0.2, 0.25) is 21.8 Å². The highest BCUT2D eigenvalue weighted by Gasteiger charge is 2.41. The molecule has 0 radical (unpaired) electrons. The Morgan fingerprint density at radius 1 is 1.15 bits per heavy atom. The van der Waals surface area contributed by atoms with Gasteiger partial charge in [-0.1, -0.05) is 41.9 Å². The summed E-state index contributed by atoms with van der Waals surface area (Å²) in [6.07, 6.45) is 1.02. The molecule has 1 aromatic heterocycles. The summed E-state index contributed by atoms with van der Waals surface area (Å²) in [5, 5.41) is 0. The lowest BCUT2D eigenvalue weighted by Crippen LogP contribution is -2.54. The summed E-state index contributed by atoms with van der Waals surface area (Å²) in [7, 11) is -3.68. The molecule has 184 valence electrons. The van der Waals surface area contributed by atoms with E-state index in [2.05, 4.69) is 4.72 Å². The molecule has 0 spiro atoms. The highest BCUT2D eigenvalue weighted by Crippen LogP contribution is 2.23. The van der Waals surface area contributed by atoms with Crippen LogP contribution in [-0.2, 0) is 37.2 Å². The standard InChI is InChI=1S/C23H28ClN3O5S2/c24-21-7-6-18(33-21)9-15-34(30,31)25-19-8-10-27(22(19)28)20(16-17-4-2-1-3-5-17)23(29)26-11-13-32-14-12-26/h1-7,19-20,25H,8-16H2/t19-,20-/m0/s1. The predicted molar refractivity (Wildman–Crippen MR) is 131 cm³/mol. The van der Waals surface area contributed by atoms with Gasteiger partial charge in [0.05, 0.1) is 23.3 Å². The molecule has 34 heavy (non-hydrogen) atoms. The molecule has 1 aromatic carbocycles. The minimum absolute atomic E-state index is 0.126. The van der Waals surface area contributed by atoms with Crippen molar-refractivity contribution in [3.63, 3.8) is 0 Å². The number of thiophene rings is 1. The Labute approximate surface area is 208 Å². The summed E-state index contributed by atoms with van der Waals surface area (Å²) in [5.41, 5.74) is 0.945. The molecule has 8 nitrogen and oxygen atoms in total. The van der Waals surface area contributed by atoms with Crippen LogP contribution >= 0.6 is 22.9 Å². The van der Waals surface area contributed by atoms with E-state index in [9.17, 15) is 18.0 Å². The number of sulfonamides is 1. The fraction of sp³-hybridized carbons (Fsp3) is 0.478. The van der Waals surface area contributed by atoms with Crippen LogP contribution in [0.2, 0.25) is 4.34 Å². The Balaban J connectivity index is 1.44. The molecule has 11 heteroatoms. The number of amides is 2. The molecular weight excluding hydrogens is 498 g/mol. The molecule has 2 aliphatic heterocycles. The van der Waals surface area contributed by atoms with Crippen molar-refractivity contribution < 1.29 is 22.7 Å². The number of carbonyl (C=O) groups excluding carboxylic acids is 2. The minimum atomic E-state index is -3.68. The number of benzene rings is 1. The summed E-state index contributed by atoms with van der Waals surface area (Å²) in [5.74, 6) is -0.614. The molecule has 0 aliphatic carbocycles. The van der Waals surface area contributed by atoms with Crippen molar-refractivity contribution in [1.29, 1.82) is 0 Å². The van der Waals surface area contributed by atoms with Gasteiger partial charge in [-0.05, 0) is 30.5 Å². The quantitative estimate of drug-likeness (QED) is 0.540. The van der Waals surface area contributed by atoms with Gasteiger partial charge in [0.15, 0.2) is 0 Å². The van der Waals surface area contributed by atoms with E-state index in [-0.39, 0.29) is 17.6 Å². The third-order valence-electron chi connectivity index (χ3n) is 6.06. The van der Waals surface area contributed by atoms with E-state index in [0.717, 1.165) is 10.4 Å². The van der Waals surface area contributed by atoms with Gasteiger partial charge < -0.3 is 14.5 Å². The van der Waals surface area contributed by atoms with E-state index in [1.807, 2.05) is 30.3 Å². The van der Waals surface area contributed by atoms with E-state index >= 15 is 0 Å². The maximum absolute atomic E-state index is 13.4. The average molecular weight is 526 g/mol. The first-order valence-corrected chi connectivity index (χ1v) is 14.1. The van der Waals surface area contributed by atoms with E-state index in [1.165, 1.54) is 16.2 Å². The second-order valence-corrected chi connectivity index (χ2v) is 12.1. The van der Waals surface area contributed by atoms with Crippen LogP contribution < -0.4 is 4.72 Å². The van der Waals surface area contributed by atoms with Gasteiger partial charge in [-0.2, -0.15) is 0 Å². The van der Waals surface area contributed by atoms with E-state index in [1.54, 1.807) is 17.0 Å². The van der Waals surface area contributed by atoms with Crippen LogP contribution in [-0.4, -0.2) is 80.7 Å². The van der Waals surface area contributed by atoms with Crippen LogP contribution in [0.5, 0.6) is 0 Å². The van der Waals surface area contributed by atoms with Crippen LogP contribution in [0.1, 0.15) is 16.9 Å². The van der Waals surface area contributed by atoms with Crippen molar-refractivity contribution >= 4 is 44.8 Å². The van der Waals surface area contributed by atoms with Crippen molar-refractivity contribution in [2.45, 2.75) is 31.3 Å². The summed E-state index contributed by atoms with van der Waals surface area (Å²) in [4.78, 5) is 30.8. The van der Waals surface area contributed by atoms with Crippen LogP contribution in [0.4, 0.5) is 0 Å². The SMILES string of the molecule is O=C([C@H](Cc1ccccc1)N1CC[C@H](NS(=O)(=O)CCc2ccc(Cl)s2)C1=O)N1CCOCC1. The first kappa shape index (κ1) is 25.1. The number of carbonyl (C=O) groups is 2. The number of morpholine rings is 1. The van der Waals surface area contributed by atoms with Crippen molar-refractivity contribution in [1.82, 2.24) is 14.5 Å². The Bertz CT molecular complexity index is 1100. The molecule has 2 aliphatic rings. The molecule has 2 aromatic rings. The molecule has 2 saturated heterocycles. The van der Waals surface area contributed by atoms with Gasteiger partial charge in [-0.3, -0.25) is 9.59 Å². The number of aryl methyl sites for hydroxylation is 1. The molecule has 1 N–H and O–H groups in total. The van der Waals surface area contributed by atoms with E-state index in [4.69, 9.17) is 16.3 Å². The normalized spacial score (nSPS) is 20.0. The number of nitrogens with one attached hydrogen (secondary N) is 1. The van der Waals surface area contributed by atoms with E-state index in [0.29, 0.717) is 56.4 Å². The topological polar surface area (TPSA) is 96.0 Å². The average Bonchev–Trinajstić information content (AvgIpc) is 3.42. The third kappa shape index (κ3) is 6.37. The number of rotatable bonds is 9. The Kier molecular flexibility index (Phi) is 8.26. The maximum Gasteiger partial charge on any atom is 0.245 e. The van der Waals surface area contributed by atoms with Crippen molar-refractivity contribution in [3.05, 3.63) is 57.2 Å². The maximum atomic E-state index is 13.4. The van der Waals surface area contributed by atoms with Gasteiger partial charge in [0, 0.05) is 30.9 Å². The zero-order chi connectivity index (χ0) is 24.1. The molecule has 2 amide bonds. The lowest BCUT2D eigenvalue weighted by Gasteiger charge is -2.34. The predicted octanol–water partition coefficient (Wildman–Crippen LogP) is 1.93. The highest BCUT2D eigenvalue weighted by atomic mass is 35.5. The molecule has 2 atom stereocenters. The van der Waals surface area contributed by atoms with Gasteiger partial charge in [0.25, 0.3) is 0 Å². The lowest BCUT2D eigenvalue weighted by molar-refractivity contribution is -0.146. The van der Waals surface area contributed by atoms with Crippen LogP contribution in [0.15, 0.2) is 42.5 Å². The Hall–Kier alpha value is -1.98. The second kappa shape index (κ2) is 11.2. The number of nitrogens with zero attached hydrogens (tertiary/aromatic N) is 2. The Morgan fingerprint density at radius 2 is 1.88 bits per heavy atom. The zero-order valence-electron chi connectivity index (χ0n) is 18.7. The number of ether oxygens (including phenoxy) is 1. The van der Waals surface area contributed by atoms with Crippen molar-refractivity contribution in [2.75, 3.05) is 38.6 Å². The summed E-state index contributed by atoms with van der Waals surface area (Å²) in [6.45, 7) is 2.22. The lowest BCUT2D eigenvalue weighted by atomic mass is 10.0. The highest BCUT2D eigenvalue weighted by molar-refractivity contribution is 7.89. The summed E-state index contributed by atoms with van der Waals surface area (Å²) < 4.78 is 33.9. The molecule has 0 unspecified atom stereocenters. The fourth-order valence-corrected chi connectivity index (χ4v) is 6.76.